The van der Waals surface area contributed by atoms with Gasteiger partial charge in [-0.25, -0.2) is 4.99 Å². The SMILES string of the molecule is CC(C)CCNC(N)=NCC(=O)NC(C)(C)C. The molecule has 0 aromatic carbocycles. The Morgan fingerprint density at radius 1 is 1.35 bits per heavy atom. The van der Waals surface area contributed by atoms with E-state index >= 15 is 0 Å². The number of carbonyl (C=O) groups is 1. The van der Waals surface area contributed by atoms with Crippen molar-refractivity contribution in [1.82, 2.24) is 10.6 Å². The van der Waals surface area contributed by atoms with E-state index in [1.807, 2.05) is 20.8 Å². The molecular formula is C12H26N4O. The minimum atomic E-state index is -0.230. The van der Waals surface area contributed by atoms with Crippen molar-refractivity contribution in [1.29, 1.82) is 0 Å². The van der Waals surface area contributed by atoms with Crippen LogP contribution in [0.3, 0.4) is 0 Å². The van der Waals surface area contributed by atoms with Gasteiger partial charge < -0.3 is 16.4 Å². The molecular weight excluding hydrogens is 216 g/mol. The quantitative estimate of drug-likeness (QED) is 0.494. The third kappa shape index (κ3) is 11.0. The molecule has 0 saturated heterocycles. The number of hydrogen-bond acceptors (Lipinski definition) is 2. The Morgan fingerprint density at radius 2 is 1.94 bits per heavy atom. The number of aliphatic imine (C=N–C) groups is 1. The Hall–Kier alpha value is -1.26. The maximum Gasteiger partial charge on any atom is 0.242 e. The third-order valence-corrected chi connectivity index (χ3v) is 1.94. The normalized spacial score (nSPS) is 12.7. The number of nitrogens with two attached hydrogens (primary N) is 1. The molecule has 0 unspecified atom stereocenters. The Labute approximate surface area is 104 Å². The van der Waals surface area contributed by atoms with E-state index in [4.69, 9.17) is 5.73 Å². The first kappa shape index (κ1) is 15.7. The van der Waals surface area contributed by atoms with Crippen LogP contribution < -0.4 is 16.4 Å². The number of amides is 1. The first-order chi connectivity index (χ1) is 7.70. The van der Waals surface area contributed by atoms with Crippen molar-refractivity contribution < 1.29 is 4.79 Å². The van der Waals surface area contributed by atoms with Crippen molar-refractivity contribution in [3.8, 4) is 0 Å². The van der Waals surface area contributed by atoms with Crippen molar-refractivity contribution in [2.24, 2.45) is 16.6 Å². The Balaban J connectivity index is 3.86. The van der Waals surface area contributed by atoms with E-state index in [0.29, 0.717) is 11.9 Å². The van der Waals surface area contributed by atoms with Crippen molar-refractivity contribution in [3.05, 3.63) is 0 Å². The maximum absolute atomic E-state index is 11.4. The van der Waals surface area contributed by atoms with Crippen molar-refractivity contribution >= 4 is 11.9 Å². The summed E-state index contributed by atoms with van der Waals surface area (Å²) in [6, 6.07) is 0. The average Bonchev–Trinajstić information content (AvgIpc) is 2.11. The predicted octanol–water partition coefficient (Wildman–Crippen LogP) is 0.852. The van der Waals surface area contributed by atoms with Crippen LogP contribution in [0.25, 0.3) is 0 Å². The number of rotatable bonds is 5. The zero-order valence-corrected chi connectivity index (χ0v) is 11.6. The minimum Gasteiger partial charge on any atom is -0.370 e. The average molecular weight is 242 g/mol. The zero-order chi connectivity index (χ0) is 13.5. The van der Waals surface area contributed by atoms with E-state index in [1.165, 1.54) is 0 Å². The van der Waals surface area contributed by atoms with Crippen LogP contribution in [0.15, 0.2) is 4.99 Å². The molecule has 0 rings (SSSR count). The van der Waals surface area contributed by atoms with Crippen molar-refractivity contribution in [2.75, 3.05) is 13.1 Å². The molecule has 100 valence electrons. The second-order valence-corrected chi connectivity index (χ2v) is 5.61. The lowest BCUT2D eigenvalue weighted by Gasteiger charge is -2.19. The molecule has 5 nitrogen and oxygen atoms in total. The van der Waals surface area contributed by atoms with Gasteiger partial charge in [0.05, 0.1) is 0 Å². The van der Waals surface area contributed by atoms with Crippen LogP contribution >= 0.6 is 0 Å². The summed E-state index contributed by atoms with van der Waals surface area (Å²) < 4.78 is 0. The molecule has 17 heavy (non-hydrogen) atoms. The molecule has 0 bridgehead atoms. The number of guanidine groups is 1. The van der Waals surface area contributed by atoms with Gasteiger partial charge >= 0.3 is 0 Å². The van der Waals surface area contributed by atoms with Crippen molar-refractivity contribution in [3.63, 3.8) is 0 Å². The molecule has 0 radical (unpaired) electrons. The van der Waals surface area contributed by atoms with E-state index in [9.17, 15) is 4.79 Å². The lowest BCUT2D eigenvalue weighted by atomic mass is 10.1. The van der Waals surface area contributed by atoms with Crippen LogP contribution in [0.4, 0.5) is 0 Å². The van der Waals surface area contributed by atoms with Gasteiger partial charge in [0.25, 0.3) is 0 Å². The van der Waals surface area contributed by atoms with Crippen molar-refractivity contribution in [2.45, 2.75) is 46.6 Å². The molecule has 5 heteroatoms. The van der Waals surface area contributed by atoms with Gasteiger partial charge in [-0.05, 0) is 33.1 Å². The van der Waals surface area contributed by atoms with Gasteiger partial charge in [-0.15, -0.1) is 0 Å². The fourth-order valence-corrected chi connectivity index (χ4v) is 1.16. The monoisotopic (exact) mass is 242 g/mol. The second-order valence-electron chi connectivity index (χ2n) is 5.61. The van der Waals surface area contributed by atoms with Crippen LogP contribution in [0, 0.1) is 5.92 Å². The Morgan fingerprint density at radius 3 is 2.41 bits per heavy atom. The van der Waals surface area contributed by atoms with Gasteiger partial charge in [0.1, 0.15) is 6.54 Å². The lowest BCUT2D eigenvalue weighted by molar-refractivity contribution is -0.121. The van der Waals surface area contributed by atoms with E-state index in [0.717, 1.165) is 13.0 Å². The van der Waals surface area contributed by atoms with Gasteiger partial charge in [-0.3, -0.25) is 4.79 Å². The smallest absolute Gasteiger partial charge is 0.242 e. The number of carbonyl (C=O) groups excluding carboxylic acids is 1. The molecule has 4 N–H and O–H groups in total. The summed E-state index contributed by atoms with van der Waals surface area (Å²) in [7, 11) is 0. The summed E-state index contributed by atoms with van der Waals surface area (Å²) in [5.74, 6) is 0.834. The van der Waals surface area contributed by atoms with Crippen LogP contribution in [-0.2, 0) is 4.79 Å². The van der Waals surface area contributed by atoms with Crippen LogP contribution in [0.2, 0.25) is 0 Å². The highest BCUT2D eigenvalue weighted by atomic mass is 16.2. The Kier molecular flexibility index (Phi) is 6.61. The largest absolute Gasteiger partial charge is 0.370 e. The van der Waals surface area contributed by atoms with Crippen LogP contribution in [-0.4, -0.2) is 30.5 Å². The summed E-state index contributed by atoms with van der Waals surface area (Å²) in [6.45, 7) is 10.9. The van der Waals surface area contributed by atoms with Crippen LogP contribution in [0.5, 0.6) is 0 Å². The van der Waals surface area contributed by atoms with E-state index in [1.54, 1.807) is 0 Å². The first-order valence-corrected chi connectivity index (χ1v) is 6.05. The van der Waals surface area contributed by atoms with Gasteiger partial charge in [-0.1, -0.05) is 13.8 Å². The van der Waals surface area contributed by atoms with Gasteiger partial charge in [0.2, 0.25) is 5.91 Å². The molecule has 0 fully saturated rings. The summed E-state index contributed by atoms with van der Waals surface area (Å²) >= 11 is 0. The predicted molar refractivity (Wildman–Crippen MR) is 71.8 cm³/mol. The molecule has 0 aliphatic heterocycles. The van der Waals surface area contributed by atoms with E-state index < -0.39 is 0 Å². The van der Waals surface area contributed by atoms with Gasteiger partial charge in [0.15, 0.2) is 5.96 Å². The third-order valence-electron chi connectivity index (χ3n) is 1.94. The molecule has 0 aliphatic carbocycles. The summed E-state index contributed by atoms with van der Waals surface area (Å²) in [5.41, 5.74) is 5.40. The molecule has 0 spiro atoms. The maximum atomic E-state index is 11.4. The van der Waals surface area contributed by atoms with Crippen LogP contribution in [0.1, 0.15) is 41.0 Å². The van der Waals surface area contributed by atoms with Gasteiger partial charge in [-0.2, -0.15) is 0 Å². The summed E-state index contributed by atoms with van der Waals surface area (Å²) in [6.07, 6.45) is 1.03. The van der Waals surface area contributed by atoms with E-state index in [-0.39, 0.29) is 18.0 Å². The second kappa shape index (κ2) is 7.14. The lowest BCUT2D eigenvalue weighted by Crippen LogP contribution is -2.42. The number of hydrogen-bond donors (Lipinski definition) is 3. The standard InChI is InChI=1S/C12H26N4O/c1-9(2)6-7-14-11(13)15-8-10(17)16-12(3,4)5/h9H,6-8H2,1-5H3,(H,16,17)(H3,13,14,15). The van der Waals surface area contributed by atoms with Gasteiger partial charge in [0, 0.05) is 12.1 Å². The molecule has 0 aromatic rings. The topological polar surface area (TPSA) is 79.5 Å². The number of nitrogens with one attached hydrogen (secondary N) is 2. The highest BCUT2D eigenvalue weighted by molar-refractivity contribution is 5.84. The first-order valence-electron chi connectivity index (χ1n) is 6.05. The summed E-state index contributed by atoms with van der Waals surface area (Å²) in [4.78, 5) is 15.4. The fourth-order valence-electron chi connectivity index (χ4n) is 1.16. The fraction of sp³-hybridized carbons (Fsp3) is 0.833. The Bertz CT molecular complexity index is 266. The zero-order valence-electron chi connectivity index (χ0n) is 11.6. The summed E-state index contributed by atoms with van der Waals surface area (Å²) in [5, 5.41) is 5.80. The number of nitrogens with zero attached hydrogens (tertiary/aromatic N) is 1. The highest BCUT2D eigenvalue weighted by Crippen LogP contribution is 1.98. The molecule has 1 amide bonds. The highest BCUT2D eigenvalue weighted by Gasteiger charge is 2.12. The molecule has 0 saturated carbocycles. The van der Waals surface area contributed by atoms with E-state index in [2.05, 4.69) is 29.5 Å². The molecule has 0 atom stereocenters. The molecule has 0 aromatic heterocycles. The minimum absolute atomic E-state index is 0.0672. The molecule has 0 aliphatic rings. The molecule has 0 heterocycles.